The number of rotatable bonds is 5. The molecule has 5 heteroatoms. The molecule has 0 heterocycles. The first-order chi connectivity index (χ1) is 17.7. The Hall–Kier alpha value is -3.41. The van der Waals surface area contributed by atoms with E-state index in [2.05, 4.69) is 41.5 Å². The van der Waals surface area contributed by atoms with Crippen molar-refractivity contribution >= 4 is 10.1 Å². The topological polar surface area (TPSA) is 74.6 Å². The molecular formula is C33H36O4S. The van der Waals surface area contributed by atoms with Crippen molar-refractivity contribution in [1.82, 2.24) is 0 Å². The second kappa shape index (κ2) is 9.72. The summed E-state index contributed by atoms with van der Waals surface area (Å²) in [5.41, 5.74) is 4.55. The summed E-state index contributed by atoms with van der Waals surface area (Å²) in [5.74, 6) is 0.114. The molecule has 0 aromatic heterocycles. The van der Waals surface area contributed by atoms with Gasteiger partial charge in [-0.15, -0.1) is 0 Å². The highest BCUT2D eigenvalue weighted by molar-refractivity contribution is 7.87. The Morgan fingerprint density at radius 2 is 0.947 bits per heavy atom. The third-order valence-corrected chi connectivity index (χ3v) is 8.65. The second-order valence-electron chi connectivity index (χ2n) is 11.9. The van der Waals surface area contributed by atoms with E-state index in [4.69, 9.17) is 0 Å². The van der Waals surface area contributed by atoms with Crippen molar-refractivity contribution in [3.63, 3.8) is 0 Å². The zero-order valence-electron chi connectivity index (χ0n) is 22.9. The van der Waals surface area contributed by atoms with Gasteiger partial charge in [0.1, 0.15) is 5.75 Å². The first kappa shape index (κ1) is 27.6. The number of phenolic OH excluding ortho intramolecular Hbond substituents is 1. The van der Waals surface area contributed by atoms with E-state index in [0.29, 0.717) is 22.3 Å². The van der Waals surface area contributed by atoms with Crippen molar-refractivity contribution in [1.29, 1.82) is 0 Å². The molecule has 38 heavy (non-hydrogen) atoms. The van der Waals surface area contributed by atoms with Crippen molar-refractivity contribution in [3.05, 3.63) is 125 Å². The summed E-state index contributed by atoms with van der Waals surface area (Å²) in [4.78, 5) is 0. The van der Waals surface area contributed by atoms with E-state index in [9.17, 15) is 18.1 Å². The third kappa shape index (κ3) is 5.01. The lowest BCUT2D eigenvalue weighted by Crippen LogP contribution is -2.39. The van der Waals surface area contributed by atoms with Crippen molar-refractivity contribution in [2.24, 2.45) is 0 Å². The zero-order chi connectivity index (χ0) is 27.9. The Bertz CT molecular complexity index is 1460. The van der Waals surface area contributed by atoms with Crippen LogP contribution < -0.4 is 0 Å². The summed E-state index contributed by atoms with van der Waals surface area (Å²) in [6, 6.07) is 28.8. The standard InChI is InChI=1S/C33H36O4S/c1-31(2,3)24-13-17-26(18-14-24)33(38(35,36)37,27-19-15-25(16-20-27)32(4,5)6)30-10-8-7-9-29(30)23-11-21-28(34)22-12-23/h7-22,34H,1-6H3,(H,35,36,37). The highest BCUT2D eigenvalue weighted by atomic mass is 32.2. The molecule has 2 N–H and O–H groups in total. The molecule has 0 amide bonds. The Morgan fingerprint density at radius 3 is 1.34 bits per heavy atom. The quantitative estimate of drug-likeness (QED) is 0.204. The van der Waals surface area contributed by atoms with Gasteiger partial charge >= 0.3 is 0 Å². The van der Waals surface area contributed by atoms with Gasteiger partial charge in [-0.25, -0.2) is 0 Å². The summed E-state index contributed by atoms with van der Waals surface area (Å²) in [5, 5.41) is 9.87. The molecule has 4 nitrogen and oxygen atoms in total. The lowest BCUT2D eigenvalue weighted by Gasteiger charge is -2.35. The molecule has 4 aromatic carbocycles. The van der Waals surface area contributed by atoms with Gasteiger partial charge in [-0.05, 0) is 61.9 Å². The predicted octanol–water partition coefficient (Wildman–Crippen LogP) is 7.83. The average molecular weight is 529 g/mol. The van der Waals surface area contributed by atoms with Crippen LogP contribution in [-0.2, 0) is 25.7 Å². The molecule has 0 spiro atoms. The molecule has 0 bridgehead atoms. The van der Waals surface area contributed by atoms with Crippen molar-refractivity contribution in [3.8, 4) is 16.9 Å². The van der Waals surface area contributed by atoms with E-state index in [1.54, 1.807) is 60.7 Å². The molecule has 0 aliphatic carbocycles. The lowest BCUT2D eigenvalue weighted by molar-refractivity contribution is 0.459. The molecule has 0 atom stereocenters. The van der Waals surface area contributed by atoms with Crippen LogP contribution in [-0.4, -0.2) is 18.1 Å². The van der Waals surface area contributed by atoms with Gasteiger partial charge in [0.05, 0.1) is 0 Å². The number of phenols is 1. The van der Waals surface area contributed by atoms with Gasteiger partial charge in [-0.3, -0.25) is 4.55 Å². The van der Waals surface area contributed by atoms with Crippen LogP contribution in [0.1, 0.15) is 69.4 Å². The number of aromatic hydroxyl groups is 1. The molecule has 0 fully saturated rings. The highest BCUT2D eigenvalue weighted by Gasteiger charge is 2.49. The Labute approximate surface area is 226 Å². The van der Waals surface area contributed by atoms with Gasteiger partial charge in [0.25, 0.3) is 10.1 Å². The van der Waals surface area contributed by atoms with Gasteiger partial charge in [0.2, 0.25) is 0 Å². The van der Waals surface area contributed by atoms with E-state index in [-0.39, 0.29) is 16.6 Å². The first-order valence-corrected chi connectivity index (χ1v) is 14.2. The van der Waals surface area contributed by atoms with Crippen LogP contribution >= 0.6 is 0 Å². The Morgan fingerprint density at radius 1 is 0.553 bits per heavy atom. The van der Waals surface area contributed by atoms with E-state index in [1.807, 2.05) is 36.4 Å². The van der Waals surface area contributed by atoms with Crippen molar-refractivity contribution in [2.45, 2.75) is 57.1 Å². The van der Waals surface area contributed by atoms with Gasteiger partial charge < -0.3 is 5.11 Å². The number of hydrogen-bond donors (Lipinski definition) is 2. The van der Waals surface area contributed by atoms with Crippen molar-refractivity contribution < 1.29 is 18.1 Å². The first-order valence-electron chi connectivity index (χ1n) is 12.7. The zero-order valence-corrected chi connectivity index (χ0v) is 23.7. The minimum Gasteiger partial charge on any atom is -0.508 e. The molecule has 0 aliphatic rings. The number of hydrogen-bond acceptors (Lipinski definition) is 3. The molecule has 0 radical (unpaired) electrons. The molecule has 4 aromatic rings. The summed E-state index contributed by atoms with van der Waals surface area (Å²) in [6.07, 6.45) is 0. The molecular weight excluding hydrogens is 492 g/mol. The van der Waals surface area contributed by atoms with Crippen LogP contribution in [0.25, 0.3) is 11.1 Å². The van der Waals surface area contributed by atoms with Crippen LogP contribution in [0.4, 0.5) is 0 Å². The fourth-order valence-electron chi connectivity index (χ4n) is 5.01. The summed E-state index contributed by atoms with van der Waals surface area (Å²) < 4.78 is 36.8. The molecule has 198 valence electrons. The van der Waals surface area contributed by atoms with Crippen LogP contribution in [0, 0.1) is 0 Å². The summed E-state index contributed by atoms with van der Waals surface area (Å²) >= 11 is 0. The van der Waals surface area contributed by atoms with E-state index in [0.717, 1.165) is 16.7 Å². The number of benzene rings is 4. The normalized spacial score (nSPS) is 12.9. The smallest absolute Gasteiger partial charge is 0.283 e. The third-order valence-electron chi connectivity index (χ3n) is 7.19. The highest BCUT2D eigenvalue weighted by Crippen LogP contribution is 2.48. The van der Waals surface area contributed by atoms with Gasteiger partial charge in [0.15, 0.2) is 4.75 Å². The summed E-state index contributed by atoms with van der Waals surface area (Å²) in [6.45, 7) is 12.6. The minimum atomic E-state index is -4.77. The van der Waals surface area contributed by atoms with Crippen molar-refractivity contribution in [2.75, 3.05) is 0 Å². The Balaban J connectivity index is 2.12. The van der Waals surface area contributed by atoms with E-state index < -0.39 is 14.9 Å². The average Bonchev–Trinajstić information content (AvgIpc) is 2.84. The minimum absolute atomic E-state index is 0.114. The van der Waals surface area contributed by atoms with Crippen LogP contribution in [0.5, 0.6) is 5.75 Å². The monoisotopic (exact) mass is 528 g/mol. The van der Waals surface area contributed by atoms with Crippen LogP contribution in [0.15, 0.2) is 97.1 Å². The van der Waals surface area contributed by atoms with Crippen LogP contribution in [0.3, 0.4) is 0 Å². The SMILES string of the molecule is CC(C)(C)c1ccc(C(c2ccc(C(C)(C)C)cc2)(c2ccccc2-c2ccc(O)cc2)S(=O)(=O)O)cc1. The second-order valence-corrected chi connectivity index (χ2v) is 13.5. The van der Waals surface area contributed by atoms with Gasteiger partial charge in [-0.2, -0.15) is 8.42 Å². The van der Waals surface area contributed by atoms with E-state index in [1.165, 1.54) is 0 Å². The maximum atomic E-state index is 13.8. The van der Waals surface area contributed by atoms with Gasteiger partial charge in [-0.1, -0.05) is 126 Å². The maximum Gasteiger partial charge on any atom is 0.283 e. The molecule has 0 saturated heterocycles. The van der Waals surface area contributed by atoms with Crippen LogP contribution in [0.2, 0.25) is 0 Å². The molecule has 4 rings (SSSR count). The predicted molar refractivity (Wildman–Crippen MR) is 155 cm³/mol. The molecule has 0 saturated carbocycles. The van der Waals surface area contributed by atoms with E-state index >= 15 is 0 Å². The maximum absolute atomic E-state index is 13.8. The lowest BCUT2D eigenvalue weighted by atomic mass is 9.78. The molecule has 0 aliphatic heterocycles. The largest absolute Gasteiger partial charge is 0.508 e. The summed E-state index contributed by atoms with van der Waals surface area (Å²) in [7, 11) is -4.77. The molecule has 0 unspecified atom stereocenters. The fourth-order valence-corrected chi connectivity index (χ4v) is 6.33. The fraction of sp³-hybridized carbons (Fsp3) is 0.273. The van der Waals surface area contributed by atoms with Gasteiger partial charge in [0, 0.05) is 0 Å². The Kier molecular flexibility index (Phi) is 7.06.